The number of hydrogen-bond donors (Lipinski definition) is 2. The molecule has 0 radical (unpaired) electrons. The molecule has 0 aliphatic carbocycles. The minimum Gasteiger partial charge on any atom is -0.394 e. The lowest BCUT2D eigenvalue weighted by atomic mass is 10.2. The van der Waals surface area contributed by atoms with E-state index in [2.05, 4.69) is 17.3 Å². The monoisotopic (exact) mass is 237 g/mol. The molecule has 1 amide bonds. The van der Waals surface area contributed by atoms with Crippen LogP contribution in [0.25, 0.3) is 0 Å². The molecule has 0 atom stereocenters. The number of hydrogen-bond acceptors (Lipinski definition) is 4. The lowest BCUT2D eigenvalue weighted by molar-refractivity contribution is -0.120. The Morgan fingerprint density at radius 2 is 2.29 bits per heavy atom. The van der Waals surface area contributed by atoms with Gasteiger partial charge in [-0.05, 0) is 6.42 Å². The fourth-order valence-corrected chi connectivity index (χ4v) is 2.20. The summed E-state index contributed by atoms with van der Waals surface area (Å²) in [6.07, 6.45) is 1.89. The summed E-state index contributed by atoms with van der Waals surface area (Å²) < 4.78 is 1.78. The van der Waals surface area contributed by atoms with Crippen LogP contribution in [0.5, 0.6) is 0 Å². The van der Waals surface area contributed by atoms with Crippen molar-refractivity contribution in [1.82, 2.24) is 15.1 Å². The van der Waals surface area contributed by atoms with Crippen molar-refractivity contribution >= 4 is 17.4 Å². The SMILES string of the molecule is CCCc1nn(C)c(N2CCNC(=O)C2)c1N. The van der Waals surface area contributed by atoms with E-state index >= 15 is 0 Å². The Morgan fingerprint density at radius 1 is 1.53 bits per heavy atom. The molecule has 3 N–H and O–H groups in total. The maximum Gasteiger partial charge on any atom is 0.239 e. The van der Waals surface area contributed by atoms with Gasteiger partial charge in [0.15, 0.2) is 5.82 Å². The van der Waals surface area contributed by atoms with E-state index in [0.29, 0.717) is 18.8 Å². The van der Waals surface area contributed by atoms with Crippen LogP contribution in [0.1, 0.15) is 19.0 Å². The maximum absolute atomic E-state index is 11.4. The van der Waals surface area contributed by atoms with Crippen molar-refractivity contribution in [2.75, 3.05) is 30.3 Å². The minimum atomic E-state index is 0.0360. The van der Waals surface area contributed by atoms with Crippen LogP contribution in [-0.4, -0.2) is 35.3 Å². The first-order chi connectivity index (χ1) is 8.13. The number of anilines is 2. The second-order valence-corrected chi connectivity index (χ2v) is 4.33. The second-order valence-electron chi connectivity index (χ2n) is 4.33. The molecule has 0 aromatic carbocycles. The van der Waals surface area contributed by atoms with Gasteiger partial charge in [0.1, 0.15) is 0 Å². The number of aryl methyl sites for hydroxylation is 2. The zero-order valence-corrected chi connectivity index (χ0v) is 10.4. The normalized spacial score (nSPS) is 16.1. The number of nitrogens with zero attached hydrogens (tertiary/aromatic N) is 3. The van der Waals surface area contributed by atoms with Gasteiger partial charge >= 0.3 is 0 Å². The van der Waals surface area contributed by atoms with Crippen LogP contribution in [0, 0.1) is 0 Å². The van der Waals surface area contributed by atoms with Gasteiger partial charge in [0.2, 0.25) is 5.91 Å². The molecule has 1 aliphatic rings. The summed E-state index contributed by atoms with van der Waals surface area (Å²) in [5.74, 6) is 0.900. The number of piperazine rings is 1. The lowest BCUT2D eigenvalue weighted by Crippen LogP contribution is -2.48. The van der Waals surface area contributed by atoms with E-state index in [4.69, 9.17) is 5.73 Å². The highest BCUT2D eigenvalue weighted by molar-refractivity contribution is 5.84. The summed E-state index contributed by atoms with van der Waals surface area (Å²) in [5.41, 5.74) is 7.75. The van der Waals surface area contributed by atoms with Crippen LogP contribution in [0.4, 0.5) is 11.5 Å². The Morgan fingerprint density at radius 3 is 2.94 bits per heavy atom. The number of nitrogen functional groups attached to an aromatic ring is 1. The Bertz CT molecular complexity index is 426. The molecule has 2 rings (SSSR count). The summed E-state index contributed by atoms with van der Waals surface area (Å²) >= 11 is 0. The molecule has 0 unspecified atom stereocenters. The van der Waals surface area contributed by atoms with Gasteiger partial charge in [-0.3, -0.25) is 9.48 Å². The number of rotatable bonds is 3. The topological polar surface area (TPSA) is 76.2 Å². The van der Waals surface area contributed by atoms with Gasteiger partial charge in [-0.25, -0.2) is 0 Å². The summed E-state index contributed by atoms with van der Waals surface area (Å²) in [6, 6.07) is 0. The van der Waals surface area contributed by atoms with Crippen molar-refractivity contribution in [2.45, 2.75) is 19.8 Å². The van der Waals surface area contributed by atoms with Gasteiger partial charge < -0.3 is 16.0 Å². The van der Waals surface area contributed by atoms with Crippen LogP contribution in [-0.2, 0) is 18.3 Å². The summed E-state index contributed by atoms with van der Waals surface area (Å²) in [5, 5.41) is 7.22. The van der Waals surface area contributed by atoms with Gasteiger partial charge in [-0.2, -0.15) is 5.10 Å². The number of carbonyl (C=O) groups excluding carboxylic acids is 1. The largest absolute Gasteiger partial charge is 0.394 e. The number of amides is 1. The van der Waals surface area contributed by atoms with Gasteiger partial charge in [0, 0.05) is 20.1 Å². The van der Waals surface area contributed by atoms with E-state index in [0.717, 1.165) is 30.9 Å². The molecule has 1 fully saturated rings. The average molecular weight is 237 g/mol. The molecule has 1 saturated heterocycles. The van der Waals surface area contributed by atoms with Crippen LogP contribution >= 0.6 is 0 Å². The van der Waals surface area contributed by atoms with E-state index < -0.39 is 0 Å². The maximum atomic E-state index is 11.4. The van der Waals surface area contributed by atoms with Crippen molar-refractivity contribution in [3.05, 3.63) is 5.69 Å². The summed E-state index contributed by atoms with van der Waals surface area (Å²) in [6.45, 7) is 3.89. The average Bonchev–Trinajstić information content (AvgIpc) is 2.55. The highest BCUT2D eigenvalue weighted by Gasteiger charge is 2.23. The third-order valence-corrected chi connectivity index (χ3v) is 2.95. The van der Waals surface area contributed by atoms with Crippen molar-refractivity contribution in [2.24, 2.45) is 7.05 Å². The molecule has 1 aromatic rings. The Hall–Kier alpha value is -1.72. The summed E-state index contributed by atoms with van der Waals surface area (Å²) in [4.78, 5) is 13.4. The van der Waals surface area contributed by atoms with Gasteiger partial charge in [-0.1, -0.05) is 13.3 Å². The Balaban J connectivity index is 2.27. The van der Waals surface area contributed by atoms with Crippen LogP contribution < -0.4 is 16.0 Å². The standard InChI is InChI=1S/C11H19N5O/c1-3-4-8-10(12)11(15(2)14-8)16-6-5-13-9(17)7-16/h3-7,12H2,1-2H3,(H,13,17). The smallest absolute Gasteiger partial charge is 0.239 e. The molecule has 1 aromatic heterocycles. The molecule has 1 aliphatic heterocycles. The molecule has 17 heavy (non-hydrogen) atoms. The van der Waals surface area contributed by atoms with Gasteiger partial charge in [0.25, 0.3) is 0 Å². The fraction of sp³-hybridized carbons (Fsp3) is 0.636. The van der Waals surface area contributed by atoms with E-state index in [9.17, 15) is 4.79 Å². The third kappa shape index (κ3) is 2.20. The highest BCUT2D eigenvalue weighted by atomic mass is 16.2. The quantitative estimate of drug-likeness (QED) is 0.769. The van der Waals surface area contributed by atoms with Crippen LogP contribution in [0.15, 0.2) is 0 Å². The highest BCUT2D eigenvalue weighted by Crippen LogP contribution is 2.27. The van der Waals surface area contributed by atoms with Crippen molar-refractivity contribution in [3.63, 3.8) is 0 Å². The predicted octanol–water partition coefficient (Wildman–Crippen LogP) is -0.109. The zero-order valence-electron chi connectivity index (χ0n) is 10.4. The molecular weight excluding hydrogens is 218 g/mol. The molecular formula is C11H19N5O. The van der Waals surface area contributed by atoms with E-state index in [1.165, 1.54) is 0 Å². The van der Waals surface area contributed by atoms with Crippen LogP contribution in [0.3, 0.4) is 0 Å². The Labute approximate surface area is 101 Å². The number of nitrogens with one attached hydrogen (secondary N) is 1. The first kappa shape index (κ1) is 11.8. The molecule has 6 heteroatoms. The third-order valence-electron chi connectivity index (χ3n) is 2.95. The first-order valence-electron chi connectivity index (χ1n) is 5.96. The van der Waals surface area contributed by atoms with Gasteiger partial charge in [0.05, 0.1) is 17.9 Å². The molecule has 0 spiro atoms. The minimum absolute atomic E-state index is 0.0360. The van der Waals surface area contributed by atoms with E-state index in [-0.39, 0.29) is 5.91 Å². The van der Waals surface area contributed by atoms with Crippen molar-refractivity contribution in [3.8, 4) is 0 Å². The Kier molecular flexibility index (Phi) is 3.21. The van der Waals surface area contributed by atoms with Gasteiger partial charge in [-0.15, -0.1) is 0 Å². The van der Waals surface area contributed by atoms with Crippen LogP contribution in [0.2, 0.25) is 0 Å². The number of nitrogens with two attached hydrogens (primary N) is 1. The molecule has 2 heterocycles. The molecule has 6 nitrogen and oxygen atoms in total. The fourth-order valence-electron chi connectivity index (χ4n) is 2.20. The molecule has 0 saturated carbocycles. The predicted molar refractivity (Wildman–Crippen MR) is 66.8 cm³/mol. The molecule has 94 valence electrons. The zero-order chi connectivity index (χ0) is 12.4. The molecule has 0 bridgehead atoms. The summed E-state index contributed by atoms with van der Waals surface area (Å²) in [7, 11) is 1.87. The van der Waals surface area contributed by atoms with E-state index in [1.54, 1.807) is 4.68 Å². The van der Waals surface area contributed by atoms with Crippen molar-refractivity contribution in [1.29, 1.82) is 0 Å². The lowest BCUT2D eigenvalue weighted by Gasteiger charge is -2.28. The number of carbonyl (C=O) groups is 1. The number of aromatic nitrogens is 2. The van der Waals surface area contributed by atoms with E-state index in [1.807, 2.05) is 11.9 Å². The van der Waals surface area contributed by atoms with Crippen molar-refractivity contribution < 1.29 is 4.79 Å². The first-order valence-corrected chi connectivity index (χ1v) is 5.96. The second kappa shape index (κ2) is 4.65.